The quantitative estimate of drug-likeness (QED) is 0.571. The molecule has 0 radical (unpaired) electrons. The minimum absolute atomic E-state index is 0.456. The van der Waals surface area contributed by atoms with E-state index in [2.05, 4.69) is 20.8 Å². The predicted molar refractivity (Wildman–Crippen MR) is 53.2 cm³/mol. The summed E-state index contributed by atoms with van der Waals surface area (Å²) >= 11 is 0. The Balaban J connectivity index is 3.61. The second-order valence-corrected chi connectivity index (χ2v) is 3.56. The molecule has 1 atom stereocenters. The minimum Gasteiger partial charge on any atom is -0.300 e. The van der Waals surface area contributed by atoms with Crippen LogP contribution in [0, 0.1) is 5.92 Å². The molecule has 0 aromatic rings. The zero-order valence-electron chi connectivity index (χ0n) is 8.73. The minimum atomic E-state index is 0.456. The number of ketones is 1. The van der Waals surface area contributed by atoms with E-state index in [0.29, 0.717) is 11.7 Å². The first-order chi connectivity index (χ1) is 5.74. The fraction of sp³-hybridized carbons (Fsp3) is 0.909. The van der Waals surface area contributed by atoms with Crippen LogP contribution in [0.4, 0.5) is 0 Å². The standard InChI is InChI=1S/C11H22O/c1-4-7-10(6-3)9-11(12)8-5-2/h10H,4-9H2,1-3H3. The van der Waals surface area contributed by atoms with E-state index in [4.69, 9.17) is 0 Å². The Hall–Kier alpha value is -0.330. The van der Waals surface area contributed by atoms with Gasteiger partial charge in [0.15, 0.2) is 0 Å². The summed E-state index contributed by atoms with van der Waals surface area (Å²) in [6.45, 7) is 6.44. The molecule has 0 aliphatic carbocycles. The van der Waals surface area contributed by atoms with Crippen LogP contribution >= 0.6 is 0 Å². The summed E-state index contributed by atoms with van der Waals surface area (Å²) in [5.41, 5.74) is 0. The fourth-order valence-electron chi connectivity index (χ4n) is 1.56. The van der Waals surface area contributed by atoms with Crippen LogP contribution in [0.15, 0.2) is 0 Å². The third kappa shape index (κ3) is 5.34. The highest BCUT2D eigenvalue weighted by atomic mass is 16.1. The van der Waals surface area contributed by atoms with Gasteiger partial charge < -0.3 is 0 Å². The third-order valence-corrected chi connectivity index (χ3v) is 2.32. The van der Waals surface area contributed by atoms with Gasteiger partial charge in [0, 0.05) is 12.8 Å². The highest BCUT2D eigenvalue weighted by Crippen LogP contribution is 2.16. The smallest absolute Gasteiger partial charge is 0.133 e. The normalized spacial score (nSPS) is 12.9. The van der Waals surface area contributed by atoms with Gasteiger partial charge in [0.25, 0.3) is 0 Å². The first kappa shape index (κ1) is 11.7. The van der Waals surface area contributed by atoms with Crippen LogP contribution < -0.4 is 0 Å². The van der Waals surface area contributed by atoms with Crippen molar-refractivity contribution in [1.82, 2.24) is 0 Å². The Morgan fingerprint density at radius 2 is 1.83 bits per heavy atom. The first-order valence-corrected chi connectivity index (χ1v) is 5.26. The summed E-state index contributed by atoms with van der Waals surface area (Å²) in [6, 6.07) is 0. The Bertz CT molecular complexity index is 118. The zero-order valence-corrected chi connectivity index (χ0v) is 8.73. The molecule has 0 bridgehead atoms. The van der Waals surface area contributed by atoms with Gasteiger partial charge in [-0.3, -0.25) is 4.79 Å². The van der Waals surface area contributed by atoms with Crippen molar-refractivity contribution in [3.05, 3.63) is 0 Å². The summed E-state index contributed by atoms with van der Waals surface area (Å²) in [4.78, 5) is 11.3. The van der Waals surface area contributed by atoms with Crippen LogP contribution in [0.1, 0.15) is 59.3 Å². The lowest BCUT2D eigenvalue weighted by atomic mass is 9.93. The van der Waals surface area contributed by atoms with E-state index in [-0.39, 0.29) is 0 Å². The molecule has 0 saturated heterocycles. The van der Waals surface area contributed by atoms with Gasteiger partial charge in [0.05, 0.1) is 0 Å². The highest BCUT2D eigenvalue weighted by molar-refractivity contribution is 5.78. The molecule has 0 aromatic heterocycles. The van der Waals surface area contributed by atoms with E-state index >= 15 is 0 Å². The van der Waals surface area contributed by atoms with Crippen LogP contribution in [0.3, 0.4) is 0 Å². The maximum Gasteiger partial charge on any atom is 0.133 e. The summed E-state index contributed by atoms with van der Waals surface area (Å²) in [7, 11) is 0. The van der Waals surface area contributed by atoms with Crippen molar-refractivity contribution in [2.24, 2.45) is 5.92 Å². The van der Waals surface area contributed by atoms with E-state index in [0.717, 1.165) is 25.7 Å². The molecule has 12 heavy (non-hydrogen) atoms. The molecule has 0 aliphatic heterocycles. The van der Waals surface area contributed by atoms with Crippen molar-refractivity contribution < 1.29 is 4.79 Å². The molecule has 1 heteroatoms. The van der Waals surface area contributed by atoms with Gasteiger partial charge in [-0.05, 0) is 12.3 Å². The molecule has 0 spiro atoms. The Labute approximate surface area is 76.6 Å². The zero-order chi connectivity index (χ0) is 9.40. The fourth-order valence-corrected chi connectivity index (χ4v) is 1.56. The molecular weight excluding hydrogens is 148 g/mol. The maximum absolute atomic E-state index is 11.3. The molecular formula is C11H22O. The second-order valence-electron chi connectivity index (χ2n) is 3.56. The van der Waals surface area contributed by atoms with Gasteiger partial charge in [0.1, 0.15) is 5.78 Å². The molecule has 0 saturated carbocycles. The lowest BCUT2D eigenvalue weighted by Gasteiger charge is -2.11. The monoisotopic (exact) mass is 170 g/mol. The van der Waals surface area contributed by atoms with Crippen LogP contribution in [0.2, 0.25) is 0 Å². The van der Waals surface area contributed by atoms with Crippen molar-refractivity contribution in [1.29, 1.82) is 0 Å². The van der Waals surface area contributed by atoms with Gasteiger partial charge in [-0.15, -0.1) is 0 Å². The van der Waals surface area contributed by atoms with Crippen LogP contribution in [0.25, 0.3) is 0 Å². The van der Waals surface area contributed by atoms with Gasteiger partial charge in [-0.1, -0.05) is 40.0 Å². The van der Waals surface area contributed by atoms with Gasteiger partial charge in [0.2, 0.25) is 0 Å². The molecule has 0 amide bonds. The van der Waals surface area contributed by atoms with Crippen LogP contribution in [-0.4, -0.2) is 5.78 Å². The van der Waals surface area contributed by atoms with Gasteiger partial charge in [-0.25, -0.2) is 0 Å². The van der Waals surface area contributed by atoms with E-state index in [1.165, 1.54) is 12.8 Å². The lowest BCUT2D eigenvalue weighted by Crippen LogP contribution is -2.07. The van der Waals surface area contributed by atoms with Crippen LogP contribution in [-0.2, 0) is 4.79 Å². The molecule has 0 heterocycles. The maximum atomic E-state index is 11.3. The topological polar surface area (TPSA) is 17.1 Å². The molecule has 72 valence electrons. The Morgan fingerprint density at radius 1 is 1.17 bits per heavy atom. The number of hydrogen-bond donors (Lipinski definition) is 0. The summed E-state index contributed by atoms with van der Waals surface area (Å²) < 4.78 is 0. The average molecular weight is 170 g/mol. The second kappa shape index (κ2) is 7.33. The van der Waals surface area contributed by atoms with Crippen molar-refractivity contribution in [3.63, 3.8) is 0 Å². The van der Waals surface area contributed by atoms with Crippen molar-refractivity contribution in [2.75, 3.05) is 0 Å². The number of carbonyl (C=O) groups is 1. The Morgan fingerprint density at radius 3 is 2.25 bits per heavy atom. The summed E-state index contributed by atoms with van der Waals surface area (Å²) in [5, 5.41) is 0. The number of Topliss-reactive ketones (excluding diaryl/α,β-unsaturated/α-hetero) is 1. The SMILES string of the molecule is CCCC(=O)CC(CC)CCC. The molecule has 1 nitrogen and oxygen atoms in total. The number of carbonyl (C=O) groups excluding carboxylic acids is 1. The van der Waals surface area contributed by atoms with Crippen LogP contribution in [0.5, 0.6) is 0 Å². The van der Waals surface area contributed by atoms with Gasteiger partial charge in [-0.2, -0.15) is 0 Å². The predicted octanol–water partition coefficient (Wildman–Crippen LogP) is 3.57. The summed E-state index contributed by atoms with van der Waals surface area (Å²) in [6.07, 6.45) is 6.17. The Kier molecular flexibility index (Phi) is 7.12. The molecule has 0 aliphatic rings. The highest BCUT2D eigenvalue weighted by Gasteiger charge is 2.09. The molecule has 0 fully saturated rings. The van der Waals surface area contributed by atoms with Crippen molar-refractivity contribution >= 4 is 5.78 Å². The largest absolute Gasteiger partial charge is 0.300 e. The number of hydrogen-bond acceptors (Lipinski definition) is 1. The van der Waals surface area contributed by atoms with E-state index in [1.807, 2.05) is 0 Å². The third-order valence-electron chi connectivity index (χ3n) is 2.32. The summed E-state index contributed by atoms with van der Waals surface area (Å²) in [5.74, 6) is 1.10. The molecule has 0 rings (SSSR count). The van der Waals surface area contributed by atoms with E-state index in [9.17, 15) is 4.79 Å². The molecule has 1 unspecified atom stereocenters. The first-order valence-electron chi connectivity index (χ1n) is 5.26. The number of rotatable bonds is 7. The molecule has 0 N–H and O–H groups in total. The average Bonchev–Trinajstić information content (AvgIpc) is 2.04. The van der Waals surface area contributed by atoms with E-state index < -0.39 is 0 Å². The van der Waals surface area contributed by atoms with E-state index in [1.54, 1.807) is 0 Å². The van der Waals surface area contributed by atoms with Crippen molar-refractivity contribution in [2.45, 2.75) is 59.3 Å². The molecule has 0 aromatic carbocycles. The van der Waals surface area contributed by atoms with Crippen molar-refractivity contribution in [3.8, 4) is 0 Å². The lowest BCUT2D eigenvalue weighted by molar-refractivity contribution is -0.120. The van der Waals surface area contributed by atoms with Gasteiger partial charge >= 0.3 is 0 Å².